The van der Waals surface area contributed by atoms with Gasteiger partial charge in [-0.1, -0.05) is 41.9 Å². The topological polar surface area (TPSA) is 53.2 Å². The summed E-state index contributed by atoms with van der Waals surface area (Å²) in [6.07, 6.45) is 1.27. The molecule has 0 fully saturated rings. The molecule has 1 unspecified atom stereocenters. The third-order valence-corrected chi connectivity index (χ3v) is 5.00. The molecule has 0 aromatic heterocycles. The molecule has 0 radical (unpaired) electrons. The molecule has 1 amide bonds. The lowest BCUT2D eigenvalue weighted by atomic mass is 9.85. The van der Waals surface area contributed by atoms with E-state index in [1.807, 2.05) is 18.2 Å². The van der Waals surface area contributed by atoms with Gasteiger partial charge in [0.05, 0.1) is 0 Å². The van der Waals surface area contributed by atoms with Crippen LogP contribution in [0, 0.1) is 0 Å². The lowest BCUT2D eigenvalue weighted by Crippen LogP contribution is -2.29. The molecule has 2 aromatic rings. The summed E-state index contributed by atoms with van der Waals surface area (Å²) in [5.74, 6) is 0.0244. The maximum absolute atomic E-state index is 11.2. The number of carbonyl (C=O) groups is 1. The van der Waals surface area contributed by atoms with Crippen LogP contribution < -0.4 is 16.0 Å². The van der Waals surface area contributed by atoms with Crippen molar-refractivity contribution in [3.63, 3.8) is 0 Å². The van der Waals surface area contributed by atoms with Crippen LogP contribution in [-0.2, 0) is 11.3 Å². The zero-order chi connectivity index (χ0) is 18.5. The van der Waals surface area contributed by atoms with Gasteiger partial charge in [-0.3, -0.25) is 4.79 Å². The Balaban J connectivity index is 1.75. The maximum Gasteiger partial charge on any atom is 0.243 e. The second-order valence-electron chi connectivity index (χ2n) is 6.19. The number of hydrogen-bond acceptors (Lipinski definition) is 3. The van der Waals surface area contributed by atoms with E-state index in [9.17, 15) is 4.79 Å². The van der Waals surface area contributed by atoms with E-state index in [1.54, 1.807) is 6.07 Å². The first-order valence-corrected chi connectivity index (χ1v) is 9.26. The summed E-state index contributed by atoms with van der Waals surface area (Å²) in [6.45, 7) is 6.20. The van der Waals surface area contributed by atoms with Crippen molar-refractivity contribution in [1.82, 2.24) is 10.6 Å². The van der Waals surface area contributed by atoms with Crippen molar-refractivity contribution in [3.05, 3.63) is 75.8 Å². The predicted octanol–water partition coefficient (Wildman–Crippen LogP) is 3.94. The number of fused-ring (bicyclic) bond motifs is 1. The molecular weight excluding hydrogens is 369 g/mol. The molecule has 3 N–H and O–H groups in total. The number of amides is 1. The average Bonchev–Trinajstić information content (AvgIpc) is 2.64. The standard InChI is InChI=1S/C20H21Cl2N3O/c1-2-20(26)25-7-6-24-15-5-3-4-13(8-15)17-11-23-12-18-16(17)9-14(21)10-19(18)22/h2-5,8-10,17,23-24H,1,6-7,11-12H2,(H,25,26). The van der Waals surface area contributed by atoms with Gasteiger partial charge < -0.3 is 16.0 Å². The average molecular weight is 390 g/mol. The molecule has 26 heavy (non-hydrogen) atoms. The summed E-state index contributed by atoms with van der Waals surface area (Å²) in [6, 6.07) is 12.1. The summed E-state index contributed by atoms with van der Waals surface area (Å²) >= 11 is 12.6. The molecule has 2 aromatic carbocycles. The first-order valence-electron chi connectivity index (χ1n) is 8.51. The Morgan fingerprint density at radius 1 is 1.27 bits per heavy atom. The van der Waals surface area contributed by atoms with Crippen LogP contribution in [-0.4, -0.2) is 25.5 Å². The van der Waals surface area contributed by atoms with Gasteiger partial charge >= 0.3 is 0 Å². The summed E-state index contributed by atoms with van der Waals surface area (Å²) < 4.78 is 0. The molecule has 0 saturated carbocycles. The van der Waals surface area contributed by atoms with Crippen molar-refractivity contribution in [2.45, 2.75) is 12.5 Å². The first kappa shape index (κ1) is 18.8. The third-order valence-electron chi connectivity index (χ3n) is 4.45. The van der Waals surface area contributed by atoms with Gasteiger partial charge in [-0.05, 0) is 47.0 Å². The fraction of sp³-hybridized carbons (Fsp3) is 0.250. The van der Waals surface area contributed by atoms with Crippen molar-refractivity contribution in [2.24, 2.45) is 0 Å². The number of benzene rings is 2. The lowest BCUT2D eigenvalue weighted by Gasteiger charge is -2.28. The molecule has 6 heteroatoms. The molecular formula is C20H21Cl2N3O. The minimum Gasteiger partial charge on any atom is -0.383 e. The summed E-state index contributed by atoms with van der Waals surface area (Å²) in [4.78, 5) is 11.2. The number of rotatable bonds is 6. The Hall–Kier alpha value is -2.01. The minimum atomic E-state index is -0.167. The van der Waals surface area contributed by atoms with Gasteiger partial charge in [0.1, 0.15) is 0 Å². The van der Waals surface area contributed by atoms with Crippen LogP contribution in [0.3, 0.4) is 0 Å². The van der Waals surface area contributed by atoms with Gasteiger partial charge in [0, 0.05) is 47.8 Å². The van der Waals surface area contributed by atoms with Crippen molar-refractivity contribution < 1.29 is 4.79 Å². The summed E-state index contributed by atoms with van der Waals surface area (Å²) in [5.41, 5.74) is 4.49. The predicted molar refractivity (Wildman–Crippen MR) is 108 cm³/mol. The van der Waals surface area contributed by atoms with Crippen molar-refractivity contribution in [1.29, 1.82) is 0 Å². The highest BCUT2D eigenvalue weighted by atomic mass is 35.5. The number of halogens is 2. The van der Waals surface area contributed by atoms with Crippen LogP contribution in [0.2, 0.25) is 10.0 Å². The molecule has 1 atom stereocenters. The highest BCUT2D eigenvalue weighted by molar-refractivity contribution is 6.35. The Morgan fingerprint density at radius 2 is 2.12 bits per heavy atom. The SMILES string of the molecule is C=CC(=O)NCCNc1cccc(C2CNCc3c(Cl)cc(Cl)cc32)c1. The van der Waals surface area contributed by atoms with E-state index in [0.29, 0.717) is 23.1 Å². The van der Waals surface area contributed by atoms with Gasteiger partial charge in [0.2, 0.25) is 5.91 Å². The van der Waals surface area contributed by atoms with Crippen LogP contribution in [0.1, 0.15) is 22.6 Å². The monoisotopic (exact) mass is 389 g/mol. The third kappa shape index (κ3) is 4.39. The highest BCUT2D eigenvalue weighted by Crippen LogP contribution is 2.36. The van der Waals surface area contributed by atoms with E-state index < -0.39 is 0 Å². The normalized spacial score (nSPS) is 15.8. The molecule has 1 heterocycles. The summed E-state index contributed by atoms with van der Waals surface area (Å²) in [5, 5.41) is 10.9. The van der Waals surface area contributed by atoms with E-state index >= 15 is 0 Å². The first-order chi connectivity index (χ1) is 12.6. The molecule has 0 saturated heterocycles. The van der Waals surface area contributed by atoms with Gasteiger partial charge in [0.15, 0.2) is 0 Å². The highest BCUT2D eigenvalue weighted by Gasteiger charge is 2.24. The number of nitrogens with one attached hydrogen (secondary N) is 3. The van der Waals surface area contributed by atoms with Gasteiger partial charge in [-0.2, -0.15) is 0 Å². The molecule has 0 spiro atoms. The Kier molecular flexibility index (Phi) is 6.20. The molecule has 1 aliphatic heterocycles. The van der Waals surface area contributed by atoms with Crippen LogP contribution in [0.5, 0.6) is 0 Å². The smallest absolute Gasteiger partial charge is 0.243 e. The number of anilines is 1. The Labute approximate surface area is 163 Å². The molecule has 136 valence electrons. The van der Waals surface area contributed by atoms with Gasteiger partial charge in [0.25, 0.3) is 0 Å². The fourth-order valence-electron chi connectivity index (χ4n) is 3.20. The van der Waals surface area contributed by atoms with E-state index in [0.717, 1.165) is 24.3 Å². The second-order valence-corrected chi connectivity index (χ2v) is 7.03. The maximum atomic E-state index is 11.2. The molecule has 4 nitrogen and oxygen atoms in total. The molecule has 0 aliphatic carbocycles. The minimum absolute atomic E-state index is 0.167. The van der Waals surface area contributed by atoms with E-state index in [1.165, 1.54) is 17.2 Å². The van der Waals surface area contributed by atoms with Gasteiger partial charge in [-0.15, -0.1) is 0 Å². The molecule has 3 rings (SSSR count). The van der Waals surface area contributed by atoms with Crippen LogP contribution in [0.25, 0.3) is 0 Å². The largest absolute Gasteiger partial charge is 0.383 e. The zero-order valence-electron chi connectivity index (χ0n) is 14.3. The van der Waals surface area contributed by atoms with E-state index in [-0.39, 0.29) is 11.8 Å². The second kappa shape index (κ2) is 8.58. The quantitative estimate of drug-likeness (QED) is 0.517. The molecule has 0 bridgehead atoms. The zero-order valence-corrected chi connectivity index (χ0v) is 15.8. The van der Waals surface area contributed by atoms with Gasteiger partial charge in [-0.25, -0.2) is 0 Å². The van der Waals surface area contributed by atoms with Crippen molar-refractivity contribution in [3.8, 4) is 0 Å². The van der Waals surface area contributed by atoms with E-state index in [4.69, 9.17) is 23.2 Å². The molecule has 1 aliphatic rings. The van der Waals surface area contributed by atoms with Crippen molar-refractivity contribution in [2.75, 3.05) is 25.0 Å². The lowest BCUT2D eigenvalue weighted by molar-refractivity contribution is -0.116. The van der Waals surface area contributed by atoms with Crippen molar-refractivity contribution >= 4 is 34.8 Å². The Morgan fingerprint density at radius 3 is 2.92 bits per heavy atom. The van der Waals surface area contributed by atoms with E-state index in [2.05, 4.69) is 34.7 Å². The van der Waals surface area contributed by atoms with Crippen LogP contribution >= 0.6 is 23.2 Å². The number of carbonyl (C=O) groups excluding carboxylic acids is 1. The fourth-order valence-corrected chi connectivity index (χ4v) is 3.78. The number of hydrogen-bond donors (Lipinski definition) is 3. The van der Waals surface area contributed by atoms with Crippen LogP contribution in [0.15, 0.2) is 49.1 Å². The summed E-state index contributed by atoms with van der Waals surface area (Å²) in [7, 11) is 0. The Bertz CT molecular complexity index is 823. The van der Waals surface area contributed by atoms with Crippen LogP contribution in [0.4, 0.5) is 5.69 Å².